The summed E-state index contributed by atoms with van der Waals surface area (Å²) in [7, 11) is 0. The number of anilines is 1. The number of hydrazone groups is 1. The molecular weight excluding hydrogens is 628 g/mol. The van der Waals surface area contributed by atoms with Crippen LogP contribution >= 0.6 is 27.5 Å². The van der Waals surface area contributed by atoms with Crippen LogP contribution in [0.3, 0.4) is 0 Å². The summed E-state index contributed by atoms with van der Waals surface area (Å²) < 4.78 is 80.7. The molecule has 5 nitrogen and oxygen atoms in total. The molecule has 4 rings (SSSR count). The minimum Gasteiger partial charge on any atom is -0.286 e. The lowest BCUT2D eigenvalue weighted by Crippen LogP contribution is -2.48. The van der Waals surface area contributed by atoms with Crippen molar-refractivity contribution >= 4 is 50.7 Å². The van der Waals surface area contributed by atoms with Gasteiger partial charge in [-0.05, 0) is 48.9 Å². The van der Waals surface area contributed by atoms with E-state index >= 15 is 0 Å². The molecule has 2 amide bonds. The van der Waals surface area contributed by atoms with Gasteiger partial charge in [0.05, 0.1) is 33.9 Å². The lowest BCUT2D eigenvalue weighted by Gasteiger charge is -2.28. The minimum atomic E-state index is -5.34. The molecule has 0 aromatic heterocycles. The highest BCUT2D eigenvalue weighted by Gasteiger charge is 2.47. The first-order valence-corrected chi connectivity index (χ1v) is 12.7. The fraction of sp³-hybridized carbons (Fsp3) is 0.222. The average molecular weight is 647 g/mol. The van der Waals surface area contributed by atoms with Gasteiger partial charge in [-0.1, -0.05) is 63.9 Å². The van der Waals surface area contributed by atoms with E-state index in [-0.39, 0.29) is 28.4 Å². The molecule has 3 aromatic rings. The molecule has 0 spiro atoms. The Morgan fingerprint density at radius 3 is 2.17 bits per heavy atom. The smallest absolute Gasteiger partial charge is 0.286 e. The number of hydrogen-bond acceptors (Lipinski definition) is 4. The molecule has 40 heavy (non-hydrogen) atoms. The van der Waals surface area contributed by atoms with E-state index in [1.54, 1.807) is 37.3 Å². The number of carbonyl (C=O) groups excluding carboxylic acids is 2. The first-order valence-electron chi connectivity index (χ1n) is 11.6. The van der Waals surface area contributed by atoms with Crippen LogP contribution in [0.2, 0.25) is 5.02 Å². The Labute approximate surface area is 238 Å². The van der Waals surface area contributed by atoms with E-state index in [9.17, 15) is 35.9 Å². The van der Waals surface area contributed by atoms with Gasteiger partial charge in [0.2, 0.25) is 0 Å². The van der Waals surface area contributed by atoms with Crippen molar-refractivity contribution in [3.63, 3.8) is 0 Å². The van der Waals surface area contributed by atoms with Gasteiger partial charge >= 0.3 is 18.3 Å². The first kappa shape index (κ1) is 29.6. The zero-order chi connectivity index (χ0) is 29.5. The van der Waals surface area contributed by atoms with Crippen LogP contribution < -0.4 is 4.90 Å². The molecule has 0 aliphatic carbocycles. The largest absolute Gasteiger partial charge is 0.472 e. The van der Waals surface area contributed by atoms with Crippen molar-refractivity contribution in [2.75, 3.05) is 18.0 Å². The Hall–Kier alpha value is -3.38. The first-order chi connectivity index (χ1) is 18.6. The zero-order valence-corrected chi connectivity index (χ0v) is 22.9. The third-order valence-corrected chi connectivity index (χ3v) is 7.16. The molecule has 0 radical (unpaired) electrons. The second kappa shape index (κ2) is 10.9. The van der Waals surface area contributed by atoms with Crippen LogP contribution in [0.15, 0.2) is 82.4 Å². The summed E-state index contributed by atoms with van der Waals surface area (Å²) in [4.78, 5) is 25.5. The molecule has 0 N–H and O–H groups in total. The Morgan fingerprint density at radius 1 is 1.00 bits per heavy atom. The number of halogens is 8. The normalized spacial score (nSPS) is 17.5. The lowest BCUT2D eigenvalue weighted by atomic mass is 9.76. The van der Waals surface area contributed by atoms with E-state index in [2.05, 4.69) is 21.0 Å². The number of hydrogen-bond donors (Lipinski definition) is 0. The van der Waals surface area contributed by atoms with Gasteiger partial charge < -0.3 is 0 Å². The second-order valence-corrected chi connectivity index (χ2v) is 10.5. The van der Waals surface area contributed by atoms with E-state index < -0.39 is 46.7 Å². The number of alkyl halides is 6. The topological polar surface area (TPSA) is 53.0 Å². The SMILES string of the molecule is CC1(c2ccccc2)CN(CC(=O)N(C(=O)C(F)(F)F)c2ccc(Br)cc2)N=C1c1ccc(C(F)(F)F)c(Cl)c1. The van der Waals surface area contributed by atoms with Crippen LogP contribution in [0.4, 0.5) is 32.0 Å². The van der Waals surface area contributed by atoms with Crippen molar-refractivity contribution in [2.24, 2.45) is 5.10 Å². The van der Waals surface area contributed by atoms with Crippen molar-refractivity contribution in [1.82, 2.24) is 5.01 Å². The molecule has 1 atom stereocenters. The van der Waals surface area contributed by atoms with Crippen molar-refractivity contribution in [2.45, 2.75) is 24.7 Å². The quantitative estimate of drug-likeness (QED) is 0.275. The van der Waals surface area contributed by atoms with Crippen LogP contribution in [-0.2, 0) is 21.2 Å². The van der Waals surface area contributed by atoms with E-state index in [4.69, 9.17) is 11.6 Å². The highest BCUT2D eigenvalue weighted by molar-refractivity contribution is 9.10. The Bertz CT molecular complexity index is 1460. The highest BCUT2D eigenvalue weighted by Crippen LogP contribution is 2.39. The third kappa shape index (κ3) is 6.02. The number of rotatable bonds is 5. The summed E-state index contributed by atoms with van der Waals surface area (Å²) in [6, 6.07) is 17.0. The predicted molar refractivity (Wildman–Crippen MR) is 141 cm³/mol. The summed E-state index contributed by atoms with van der Waals surface area (Å²) in [6.07, 6.45) is -10.0. The average Bonchev–Trinajstić information content (AvgIpc) is 3.21. The summed E-state index contributed by atoms with van der Waals surface area (Å²) in [5.74, 6) is -3.57. The van der Waals surface area contributed by atoms with Gasteiger partial charge in [-0.15, -0.1) is 0 Å². The maximum Gasteiger partial charge on any atom is 0.472 e. The van der Waals surface area contributed by atoms with Gasteiger partial charge in [0.25, 0.3) is 5.91 Å². The van der Waals surface area contributed by atoms with Crippen LogP contribution in [0.1, 0.15) is 23.6 Å². The van der Waals surface area contributed by atoms with Crippen LogP contribution in [-0.4, -0.2) is 41.8 Å². The Balaban J connectivity index is 1.74. The molecule has 0 bridgehead atoms. The van der Waals surface area contributed by atoms with Crippen molar-refractivity contribution < 1.29 is 35.9 Å². The molecule has 3 aromatic carbocycles. The second-order valence-electron chi connectivity index (χ2n) is 9.17. The monoisotopic (exact) mass is 645 g/mol. The van der Waals surface area contributed by atoms with E-state index in [0.717, 1.165) is 12.1 Å². The van der Waals surface area contributed by atoms with Crippen molar-refractivity contribution in [3.05, 3.63) is 99.0 Å². The number of nitrogens with zero attached hydrogens (tertiary/aromatic N) is 3. The molecule has 210 valence electrons. The molecular formula is C27H19BrClF6N3O2. The van der Waals surface area contributed by atoms with Gasteiger partial charge in [-0.3, -0.25) is 14.6 Å². The number of amides is 2. The summed E-state index contributed by atoms with van der Waals surface area (Å²) in [5.41, 5.74) is -1.16. The number of carbonyl (C=O) groups is 2. The van der Waals surface area contributed by atoms with Crippen LogP contribution in [0.25, 0.3) is 0 Å². The van der Waals surface area contributed by atoms with Gasteiger partial charge in [0.1, 0.15) is 6.54 Å². The van der Waals surface area contributed by atoms with E-state index in [1.807, 2.05) is 0 Å². The van der Waals surface area contributed by atoms with Gasteiger partial charge in [-0.25, -0.2) is 4.90 Å². The molecule has 1 aliphatic heterocycles. The molecule has 1 heterocycles. The number of imide groups is 1. The van der Waals surface area contributed by atoms with Gasteiger partial charge in [-0.2, -0.15) is 31.4 Å². The molecule has 0 saturated heterocycles. The zero-order valence-electron chi connectivity index (χ0n) is 20.5. The van der Waals surface area contributed by atoms with Crippen molar-refractivity contribution in [3.8, 4) is 0 Å². The summed E-state index contributed by atoms with van der Waals surface area (Å²) in [6.45, 7) is 0.994. The third-order valence-electron chi connectivity index (χ3n) is 6.32. The van der Waals surface area contributed by atoms with E-state index in [0.29, 0.717) is 10.0 Å². The fourth-order valence-electron chi connectivity index (χ4n) is 4.44. The summed E-state index contributed by atoms with van der Waals surface area (Å²) >= 11 is 9.11. The van der Waals surface area contributed by atoms with Crippen molar-refractivity contribution in [1.29, 1.82) is 0 Å². The molecule has 0 fully saturated rings. The van der Waals surface area contributed by atoms with Gasteiger partial charge in [0, 0.05) is 10.0 Å². The maximum absolute atomic E-state index is 13.4. The molecule has 1 unspecified atom stereocenters. The van der Waals surface area contributed by atoms with Gasteiger partial charge in [0.15, 0.2) is 0 Å². The Kier molecular flexibility index (Phi) is 8.06. The Morgan fingerprint density at radius 2 is 1.62 bits per heavy atom. The molecule has 1 aliphatic rings. The highest BCUT2D eigenvalue weighted by atomic mass is 79.9. The van der Waals surface area contributed by atoms with Crippen LogP contribution in [0, 0.1) is 0 Å². The fourth-order valence-corrected chi connectivity index (χ4v) is 4.99. The lowest BCUT2D eigenvalue weighted by molar-refractivity contribution is -0.171. The maximum atomic E-state index is 13.4. The number of benzene rings is 3. The molecule has 0 saturated carbocycles. The standard InChI is InChI=1S/C27H19BrClF6N3O2/c1-25(17-5-3-2-4-6-17)15-37(36-23(25)16-7-12-20(21(29)13-16)26(30,31)32)14-22(39)38(24(40)27(33,34)35)19-10-8-18(28)9-11-19/h2-13H,14-15H2,1H3. The van der Waals surface area contributed by atoms with Crippen LogP contribution in [0.5, 0.6) is 0 Å². The molecule has 13 heteroatoms. The summed E-state index contributed by atoms with van der Waals surface area (Å²) in [5, 5.41) is 5.06. The van der Waals surface area contributed by atoms with E-state index in [1.165, 1.54) is 35.3 Å². The minimum absolute atomic E-state index is 0.0227. The predicted octanol–water partition coefficient (Wildman–Crippen LogP) is 7.22.